The van der Waals surface area contributed by atoms with Crippen molar-refractivity contribution in [3.63, 3.8) is 0 Å². The van der Waals surface area contributed by atoms with Crippen molar-refractivity contribution >= 4 is 11.4 Å². The molecule has 0 saturated carbocycles. The van der Waals surface area contributed by atoms with Crippen molar-refractivity contribution in [2.24, 2.45) is 12.0 Å². The van der Waals surface area contributed by atoms with Gasteiger partial charge in [0, 0.05) is 19.0 Å². The van der Waals surface area contributed by atoms with Crippen molar-refractivity contribution in [3.05, 3.63) is 102 Å². The van der Waals surface area contributed by atoms with Gasteiger partial charge in [0.05, 0.1) is 11.3 Å². The van der Waals surface area contributed by atoms with E-state index in [0.717, 1.165) is 33.7 Å². The molecule has 0 radical (unpaired) electrons. The maximum absolute atomic E-state index is 6.05. The Morgan fingerprint density at radius 2 is 1.63 bits per heavy atom. The van der Waals surface area contributed by atoms with Crippen LogP contribution < -0.4 is 4.74 Å². The highest BCUT2D eigenvalue weighted by Gasteiger charge is 2.11. The number of rotatable bonds is 6. The third-order valence-corrected chi connectivity index (χ3v) is 5.03. The van der Waals surface area contributed by atoms with Crippen molar-refractivity contribution in [1.82, 2.24) is 9.78 Å². The summed E-state index contributed by atoms with van der Waals surface area (Å²) < 4.78 is 7.83. The van der Waals surface area contributed by atoms with Crippen molar-refractivity contribution in [2.75, 3.05) is 0 Å². The molecule has 3 aromatic carbocycles. The molecule has 0 aliphatic carbocycles. The van der Waals surface area contributed by atoms with Crippen molar-refractivity contribution < 1.29 is 4.74 Å². The first-order valence-electron chi connectivity index (χ1n) is 10.0. The molecule has 0 unspecified atom stereocenters. The molecule has 4 nitrogen and oxygen atoms in total. The van der Waals surface area contributed by atoms with Gasteiger partial charge in [-0.25, -0.2) is 0 Å². The van der Waals surface area contributed by atoms with Gasteiger partial charge in [0.1, 0.15) is 6.61 Å². The molecule has 0 bridgehead atoms. The van der Waals surface area contributed by atoms with Gasteiger partial charge in [-0.05, 0) is 42.2 Å². The Bertz CT molecular complexity index is 1160. The molecular formula is C26H25N3O. The molecule has 0 aliphatic rings. The Hall–Kier alpha value is -3.66. The molecule has 0 atom stereocenters. The first kappa shape index (κ1) is 19.6. The van der Waals surface area contributed by atoms with Crippen LogP contribution in [0.3, 0.4) is 0 Å². The second-order valence-electron chi connectivity index (χ2n) is 7.36. The predicted octanol–water partition coefficient (Wildman–Crippen LogP) is 6.12. The maximum atomic E-state index is 6.05. The van der Waals surface area contributed by atoms with E-state index in [1.807, 2.05) is 56.6 Å². The molecule has 30 heavy (non-hydrogen) atoms. The number of hydrogen-bond donors (Lipinski definition) is 0. The van der Waals surface area contributed by atoms with E-state index in [2.05, 4.69) is 54.5 Å². The van der Waals surface area contributed by atoms with E-state index in [4.69, 9.17) is 9.73 Å². The largest absolute Gasteiger partial charge is 0.471 e. The normalized spacial score (nSPS) is 11.5. The topological polar surface area (TPSA) is 39.4 Å². The lowest BCUT2D eigenvalue weighted by molar-refractivity contribution is 0.292. The average molecular weight is 396 g/mol. The second-order valence-corrected chi connectivity index (χ2v) is 7.36. The Kier molecular flexibility index (Phi) is 5.75. The van der Waals surface area contributed by atoms with E-state index in [9.17, 15) is 0 Å². The third-order valence-electron chi connectivity index (χ3n) is 5.03. The van der Waals surface area contributed by atoms with Crippen LogP contribution in [-0.4, -0.2) is 15.5 Å². The molecule has 150 valence electrons. The summed E-state index contributed by atoms with van der Waals surface area (Å²) in [5.74, 6) is 0.644. The summed E-state index contributed by atoms with van der Waals surface area (Å²) in [5, 5.41) is 4.48. The lowest BCUT2D eigenvalue weighted by Crippen LogP contribution is -1.99. The van der Waals surface area contributed by atoms with Crippen LogP contribution in [0.25, 0.3) is 11.1 Å². The molecule has 4 rings (SSSR count). The molecule has 1 aromatic heterocycles. The molecular weight excluding hydrogens is 370 g/mol. The van der Waals surface area contributed by atoms with Gasteiger partial charge in [-0.2, -0.15) is 0 Å². The molecule has 0 N–H and O–H groups in total. The van der Waals surface area contributed by atoms with Crippen LogP contribution in [0.15, 0.2) is 90.1 Å². The second kappa shape index (κ2) is 8.78. The van der Waals surface area contributed by atoms with Crippen LogP contribution >= 0.6 is 0 Å². The maximum Gasteiger partial charge on any atom is 0.241 e. The van der Waals surface area contributed by atoms with E-state index >= 15 is 0 Å². The Morgan fingerprint density at radius 1 is 0.933 bits per heavy atom. The van der Waals surface area contributed by atoms with Crippen LogP contribution in [0.2, 0.25) is 0 Å². The minimum Gasteiger partial charge on any atom is -0.471 e. The van der Waals surface area contributed by atoms with Crippen molar-refractivity contribution in [1.29, 1.82) is 0 Å². The van der Waals surface area contributed by atoms with Gasteiger partial charge in [-0.1, -0.05) is 72.8 Å². The summed E-state index contributed by atoms with van der Waals surface area (Å²) in [6.45, 7) is 4.58. The molecule has 1 heterocycles. The van der Waals surface area contributed by atoms with Gasteiger partial charge in [-0.3, -0.25) is 9.67 Å². The van der Waals surface area contributed by atoms with Crippen molar-refractivity contribution in [2.45, 2.75) is 20.5 Å². The highest BCUT2D eigenvalue weighted by Crippen LogP contribution is 2.29. The third kappa shape index (κ3) is 4.49. The minimum atomic E-state index is 0.463. The smallest absolute Gasteiger partial charge is 0.241 e. The summed E-state index contributed by atoms with van der Waals surface area (Å²) in [6.07, 6.45) is 1.99. The molecule has 0 saturated heterocycles. The SMILES string of the molecule is CC(=Nc1ccccc1C)c1ccc(COc2nn(C)cc2-c2ccccc2)cc1. The Balaban J connectivity index is 1.47. The van der Waals surface area contributed by atoms with Crippen molar-refractivity contribution in [3.8, 4) is 17.0 Å². The highest BCUT2D eigenvalue weighted by atomic mass is 16.5. The lowest BCUT2D eigenvalue weighted by Gasteiger charge is -2.08. The first-order chi connectivity index (χ1) is 14.6. The molecule has 0 amide bonds. The van der Waals surface area contributed by atoms with Gasteiger partial charge in [0.25, 0.3) is 0 Å². The summed E-state index contributed by atoms with van der Waals surface area (Å²) in [6, 6.07) is 26.7. The van der Waals surface area contributed by atoms with E-state index < -0.39 is 0 Å². The van der Waals surface area contributed by atoms with E-state index in [1.165, 1.54) is 5.56 Å². The number of hydrogen-bond acceptors (Lipinski definition) is 3. The zero-order chi connectivity index (χ0) is 20.9. The number of aromatic nitrogens is 2. The zero-order valence-corrected chi connectivity index (χ0v) is 17.5. The summed E-state index contributed by atoms with van der Waals surface area (Å²) >= 11 is 0. The number of aliphatic imine (C=N–C) groups is 1. The van der Waals surface area contributed by atoms with Gasteiger partial charge >= 0.3 is 0 Å². The van der Waals surface area contributed by atoms with Gasteiger partial charge in [0.15, 0.2) is 0 Å². The number of nitrogens with zero attached hydrogens (tertiary/aromatic N) is 3. The predicted molar refractivity (Wildman–Crippen MR) is 122 cm³/mol. The number of para-hydroxylation sites is 1. The zero-order valence-electron chi connectivity index (χ0n) is 17.5. The summed E-state index contributed by atoms with van der Waals surface area (Å²) in [4.78, 5) is 4.77. The van der Waals surface area contributed by atoms with E-state index in [1.54, 1.807) is 4.68 Å². The lowest BCUT2D eigenvalue weighted by atomic mass is 10.1. The molecule has 0 fully saturated rings. The summed E-state index contributed by atoms with van der Waals surface area (Å²) in [7, 11) is 1.91. The average Bonchev–Trinajstić information content (AvgIpc) is 3.15. The molecule has 0 aliphatic heterocycles. The van der Waals surface area contributed by atoms with Crippen LogP contribution in [0.4, 0.5) is 5.69 Å². The highest BCUT2D eigenvalue weighted by molar-refractivity contribution is 6.00. The van der Waals surface area contributed by atoms with Crippen LogP contribution in [0, 0.1) is 6.92 Å². The number of benzene rings is 3. The Labute approximate surface area is 177 Å². The molecule has 4 heteroatoms. The van der Waals surface area contributed by atoms with Gasteiger partial charge in [0.2, 0.25) is 5.88 Å². The standard InChI is InChI=1S/C26H25N3O/c1-19-9-7-8-12-25(19)27-20(2)22-15-13-21(14-16-22)18-30-26-24(17-29(3)28-26)23-10-5-4-6-11-23/h4-17H,18H2,1-3H3. The number of aryl methyl sites for hydroxylation is 2. The summed E-state index contributed by atoms with van der Waals surface area (Å²) in [5.41, 5.74) is 7.46. The minimum absolute atomic E-state index is 0.463. The van der Waals surface area contributed by atoms with Crippen LogP contribution in [-0.2, 0) is 13.7 Å². The quantitative estimate of drug-likeness (QED) is 0.369. The first-order valence-corrected chi connectivity index (χ1v) is 10.0. The monoisotopic (exact) mass is 395 g/mol. The van der Waals surface area contributed by atoms with E-state index in [0.29, 0.717) is 12.5 Å². The number of ether oxygens (including phenoxy) is 1. The van der Waals surface area contributed by atoms with Crippen LogP contribution in [0.5, 0.6) is 5.88 Å². The fourth-order valence-corrected chi connectivity index (χ4v) is 3.32. The fraction of sp³-hybridized carbons (Fsp3) is 0.154. The fourth-order valence-electron chi connectivity index (χ4n) is 3.32. The molecule has 4 aromatic rings. The van der Waals surface area contributed by atoms with Gasteiger partial charge in [-0.15, -0.1) is 5.10 Å². The van der Waals surface area contributed by atoms with Gasteiger partial charge < -0.3 is 4.74 Å². The molecule has 0 spiro atoms. The Morgan fingerprint density at radius 3 is 2.37 bits per heavy atom. The van der Waals surface area contributed by atoms with E-state index in [-0.39, 0.29) is 0 Å². The van der Waals surface area contributed by atoms with Crippen LogP contribution in [0.1, 0.15) is 23.6 Å².